The lowest BCUT2D eigenvalue weighted by molar-refractivity contribution is 0.465. The SMILES string of the molecule is CNc1nccc(-c2cccnc2Oc2ccc(Nc3nnc(-c4cc(C)cs4)c4ccccc34)cc2)n1. The first-order valence-corrected chi connectivity index (χ1v) is 12.9. The number of rotatable bonds is 7. The molecule has 6 rings (SSSR count). The molecule has 9 heteroatoms. The Morgan fingerprint density at radius 1 is 0.842 bits per heavy atom. The molecule has 0 aliphatic carbocycles. The highest BCUT2D eigenvalue weighted by Gasteiger charge is 2.14. The van der Waals surface area contributed by atoms with Crippen LogP contribution in [0, 0.1) is 6.92 Å². The van der Waals surface area contributed by atoms with Crippen molar-refractivity contribution in [1.29, 1.82) is 0 Å². The van der Waals surface area contributed by atoms with Crippen LogP contribution in [0.25, 0.3) is 32.6 Å². The van der Waals surface area contributed by atoms with Gasteiger partial charge in [-0.3, -0.25) is 0 Å². The van der Waals surface area contributed by atoms with Gasteiger partial charge in [0.2, 0.25) is 11.8 Å². The minimum atomic E-state index is 0.463. The van der Waals surface area contributed by atoms with Gasteiger partial charge in [-0.1, -0.05) is 24.3 Å². The summed E-state index contributed by atoms with van der Waals surface area (Å²) in [4.78, 5) is 14.2. The van der Waals surface area contributed by atoms with Crippen molar-refractivity contribution in [1.82, 2.24) is 25.1 Å². The standard InChI is InChI=1S/C29H23N7OS/c1-18-16-25(38-17-18)26-21-6-3-4-7-22(21)27(36-35-26)33-19-9-11-20(12-10-19)37-28-23(8-5-14-31-28)24-13-15-32-29(30-2)34-24/h3-17H,1-2H3,(H,33,36)(H,30,32,34). The number of thiophene rings is 1. The number of ether oxygens (including phenoxy) is 1. The molecule has 4 aromatic heterocycles. The van der Waals surface area contributed by atoms with Crippen LogP contribution < -0.4 is 15.4 Å². The third-order valence-corrected chi connectivity index (χ3v) is 6.96. The van der Waals surface area contributed by atoms with Gasteiger partial charge >= 0.3 is 0 Å². The monoisotopic (exact) mass is 517 g/mol. The summed E-state index contributed by atoms with van der Waals surface area (Å²) in [5, 5.41) is 19.6. The second kappa shape index (κ2) is 10.2. The van der Waals surface area contributed by atoms with E-state index in [1.165, 1.54) is 5.56 Å². The molecule has 0 aliphatic heterocycles. The van der Waals surface area contributed by atoms with Gasteiger partial charge in [-0.05, 0) is 66.4 Å². The van der Waals surface area contributed by atoms with Crippen molar-refractivity contribution in [3.63, 3.8) is 0 Å². The predicted molar refractivity (Wildman–Crippen MR) is 152 cm³/mol. The number of nitrogens with zero attached hydrogens (tertiary/aromatic N) is 5. The van der Waals surface area contributed by atoms with E-state index in [1.807, 2.05) is 54.6 Å². The van der Waals surface area contributed by atoms with Crippen LogP contribution in [0.3, 0.4) is 0 Å². The largest absolute Gasteiger partial charge is 0.438 e. The van der Waals surface area contributed by atoms with Crippen LogP contribution in [-0.4, -0.2) is 32.2 Å². The third-order valence-electron chi connectivity index (χ3n) is 5.91. The lowest BCUT2D eigenvalue weighted by atomic mass is 10.1. The van der Waals surface area contributed by atoms with E-state index in [-0.39, 0.29) is 0 Å². The van der Waals surface area contributed by atoms with Crippen LogP contribution >= 0.6 is 11.3 Å². The van der Waals surface area contributed by atoms with Crippen LogP contribution in [-0.2, 0) is 0 Å². The molecule has 0 bridgehead atoms. The van der Waals surface area contributed by atoms with Crippen molar-refractivity contribution in [2.45, 2.75) is 6.92 Å². The molecule has 0 amide bonds. The number of aromatic nitrogens is 5. The Balaban J connectivity index is 1.25. The van der Waals surface area contributed by atoms with Crippen molar-refractivity contribution < 1.29 is 4.74 Å². The predicted octanol–water partition coefficient (Wildman–Crippen LogP) is 7.10. The third kappa shape index (κ3) is 4.74. The summed E-state index contributed by atoms with van der Waals surface area (Å²) >= 11 is 1.68. The highest BCUT2D eigenvalue weighted by molar-refractivity contribution is 7.13. The summed E-state index contributed by atoms with van der Waals surface area (Å²) in [5.74, 6) is 2.34. The lowest BCUT2D eigenvalue weighted by Gasteiger charge is -2.12. The molecule has 0 saturated carbocycles. The molecule has 38 heavy (non-hydrogen) atoms. The fraction of sp³-hybridized carbons (Fsp3) is 0.0690. The van der Waals surface area contributed by atoms with Crippen LogP contribution in [0.1, 0.15) is 5.56 Å². The zero-order valence-electron chi connectivity index (χ0n) is 20.7. The molecule has 186 valence electrons. The molecule has 0 saturated heterocycles. The van der Waals surface area contributed by atoms with E-state index >= 15 is 0 Å². The molecule has 0 unspecified atom stereocenters. The van der Waals surface area contributed by atoms with Gasteiger partial charge in [-0.2, -0.15) is 0 Å². The number of pyridine rings is 1. The van der Waals surface area contributed by atoms with Crippen LogP contribution in [0.2, 0.25) is 0 Å². The molecule has 0 fully saturated rings. The Labute approximate surface area is 223 Å². The molecule has 8 nitrogen and oxygen atoms in total. The van der Waals surface area contributed by atoms with E-state index < -0.39 is 0 Å². The van der Waals surface area contributed by atoms with Crippen molar-refractivity contribution in [2.24, 2.45) is 0 Å². The highest BCUT2D eigenvalue weighted by atomic mass is 32.1. The second-order valence-electron chi connectivity index (χ2n) is 8.55. The van der Waals surface area contributed by atoms with E-state index in [2.05, 4.69) is 66.3 Å². The van der Waals surface area contributed by atoms with E-state index in [0.29, 0.717) is 23.4 Å². The summed E-state index contributed by atoms with van der Waals surface area (Å²) in [5.41, 5.74) is 4.48. The maximum Gasteiger partial charge on any atom is 0.228 e. The fourth-order valence-corrected chi connectivity index (χ4v) is 4.98. The number of fused-ring (bicyclic) bond motifs is 1. The molecule has 4 heterocycles. The Morgan fingerprint density at radius 2 is 1.68 bits per heavy atom. The summed E-state index contributed by atoms with van der Waals surface area (Å²) in [6.45, 7) is 2.09. The second-order valence-corrected chi connectivity index (χ2v) is 9.47. The highest BCUT2D eigenvalue weighted by Crippen LogP contribution is 2.35. The first-order valence-electron chi connectivity index (χ1n) is 12.0. The van der Waals surface area contributed by atoms with Crippen molar-refractivity contribution in [3.8, 4) is 33.5 Å². The van der Waals surface area contributed by atoms with Gasteiger partial charge in [0.1, 0.15) is 11.4 Å². The van der Waals surface area contributed by atoms with Gasteiger partial charge in [0.05, 0.1) is 16.1 Å². The number of anilines is 3. The molecule has 6 aromatic rings. The number of hydrogen-bond donors (Lipinski definition) is 2. The normalized spacial score (nSPS) is 10.9. The van der Waals surface area contributed by atoms with Crippen LogP contribution in [0.4, 0.5) is 17.5 Å². The van der Waals surface area contributed by atoms with Crippen LogP contribution in [0.15, 0.2) is 90.6 Å². The Hall–Kier alpha value is -4.89. The van der Waals surface area contributed by atoms with Crippen LogP contribution in [0.5, 0.6) is 11.6 Å². The molecule has 0 radical (unpaired) electrons. The average Bonchev–Trinajstić information content (AvgIpc) is 3.40. The summed E-state index contributed by atoms with van der Waals surface area (Å²) in [7, 11) is 1.78. The number of hydrogen-bond acceptors (Lipinski definition) is 9. The molecule has 0 atom stereocenters. The summed E-state index contributed by atoms with van der Waals surface area (Å²) in [6, 6.07) is 23.6. The lowest BCUT2D eigenvalue weighted by Crippen LogP contribution is -1.99. The maximum absolute atomic E-state index is 6.13. The zero-order valence-corrected chi connectivity index (χ0v) is 21.5. The van der Waals surface area contributed by atoms with Gasteiger partial charge in [-0.25, -0.2) is 15.0 Å². The average molecular weight is 518 g/mol. The van der Waals surface area contributed by atoms with Gasteiger partial charge in [0.15, 0.2) is 5.82 Å². The fourth-order valence-electron chi connectivity index (χ4n) is 4.08. The Kier molecular flexibility index (Phi) is 6.33. The van der Waals surface area contributed by atoms with Gasteiger partial charge in [0, 0.05) is 35.9 Å². The van der Waals surface area contributed by atoms with E-state index in [0.717, 1.165) is 38.3 Å². The topological polar surface area (TPSA) is 97.7 Å². The Morgan fingerprint density at radius 3 is 2.47 bits per heavy atom. The van der Waals surface area contributed by atoms with Gasteiger partial charge in [0.25, 0.3) is 0 Å². The van der Waals surface area contributed by atoms with Gasteiger partial charge < -0.3 is 15.4 Å². The summed E-state index contributed by atoms with van der Waals surface area (Å²) in [6.07, 6.45) is 3.39. The minimum Gasteiger partial charge on any atom is -0.438 e. The number of nitrogens with one attached hydrogen (secondary N) is 2. The van der Waals surface area contributed by atoms with Crippen molar-refractivity contribution >= 4 is 39.6 Å². The molecule has 0 aliphatic rings. The smallest absolute Gasteiger partial charge is 0.228 e. The first kappa shape index (κ1) is 23.5. The quantitative estimate of drug-likeness (QED) is 0.231. The number of aryl methyl sites for hydroxylation is 1. The molecule has 2 aromatic carbocycles. The molecule has 2 N–H and O–H groups in total. The minimum absolute atomic E-state index is 0.463. The summed E-state index contributed by atoms with van der Waals surface area (Å²) < 4.78 is 6.13. The molecular formula is C29H23N7OS. The van der Waals surface area contributed by atoms with E-state index in [9.17, 15) is 0 Å². The van der Waals surface area contributed by atoms with E-state index in [4.69, 9.17) is 4.74 Å². The zero-order chi connectivity index (χ0) is 25.9. The van der Waals surface area contributed by atoms with Crippen molar-refractivity contribution in [3.05, 3.63) is 96.1 Å². The molecule has 0 spiro atoms. The van der Waals surface area contributed by atoms with E-state index in [1.54, 1.807) is 30.8 Å². The number of benzene rings is 2. The van der Waals surface area contributed by atoms with Gasteiger partial charge in [-0.15, -0.1) is 21.5 Å². The first-order chi connectivity index (χ1) is 18.7. The Bertz CT molecular complexity index is 1730. The molecular weight excluding hydrogens is 494 g/mol. The van der Waals surface area contributed by atoms with Crippen molar-refractivity contribution in [2.75, 3.05) is 17.7 Å². The maximum atomic E-state index is 6.13.